The van der Waals surface area contributed by atoms with Gasteiger partial charge >= 0.3 is 12.1 Å². The van der Waals surface area contributed by atoms with Gasteiger partial charge in [-0.25, -0.2) is 9.42 Å². The van der Waals surface area contributed by atoms with Gasteiger partial charge in [-0.3, -0.25) is 14.9 Å². The van der Waals surface area contributed by atoms with Crippen LogP contribution in [0, 0.1) is 5.92 Å². The van der Waals surface area contributed by atoms with E-state index in [1.165, 1.54) is 0 Å². The number of carbonyl (C=O) groups is 3. The molecule has 5 rings (SSSR count). The maximum atomic E-state index is 12.8. The molecule has 3 aromatic rings. The van der Waals surface area contributed by atoms with Crippen molar-refractivity contribution in [2.45, 2.75) is 37.6 Å². The van der Waals surface area contributed by atoms with E-state index < -0.39 is 23.5 Å². The number of carbonyl (C=O) groups excluding carboxylic acids is 2. The summed E-state index contributed by atoms with van der Waals surface area (Å²) in [5.74, 6) is -1.97. The lowest BCUT2D eigenvalue weighted by Gasteiger charge is -2.29. The smallest absolute Gasteiger partial charge is 0.412 e. The van der Waals surface area contributed by atoms with Crippen molar-refractivity contribution in [3.63, 3.8) is 0 Å². The average molecular weight is 476 g/mol. The molecule has 180 valence electrons. The van der Waals surface area contributed by atoms with Crippen LogP contribution in [0.5, 0.6) is 0 Å². The van der Waals surface area contributed by atoms with Crippen LogP contribution in [0.2, 0.25) is 0 Å². The molecule has 0 saturated heterocycles. The SMILES string of the molecule is CC(CC(=O)O)(NC(=O)c1nonc1NC(=O)OCC1c2ccccc2-c2ccccc21)C1CC1. The summed E-state index contributed by atoms with van der Waals surface area (Å²) in [4.78, 5) is 36.7. The van der Waals surface area contributed by atoms with Crippen molar-refractivity contribution < 1.29 is 28.9 Å². The van der Waals surface area contributed by atoms with Crippen LogP contribution < -0.4 is 10.6 Å². The number of amides is 2. The normalized spacial score (nSPS) is 16.0. The molecule has 0 radical (unpaired) electrons. The molecule has 2 amide bonds. The number of hydrogen-bond acceptors (Lipinski definition) is 7. The minimum atomic E-state index is -1.02. The molecule has 3 N–H and O–H groups in total. The molecular weight excluding hydrogens is 452 g/mol. The van der Waals surface area contributed by atoms with Crippen molar-refractivity contribution in [3.8, 4) is 11.1 Å². The summed E-state index contributed by atoms with van der Waals surface area (Å²) >= 11 is 0. The zero-order valence-corrected chi connectivity index (χ0v) is 19.0. The predicted octanol–water partition coefficient (Wildman–Crippen LogP) is 3.80. The van der Waals surface area contributed by atoms with Crippen LogP contribution in [0.3, 0.4) is 0 Å². The number of aromatic nitrogens is 2. The largest absolute Gasteiger partial charge is 0.481 e. The fraction of sp³-hybridized carbons (Fsp3) is 0.320. The second-order valence-corrected chi connectivity index (χ2v) is 9.13. The first kappa shape index (κ1) is 22.6. The van der Waals surface area contributed by atoms with Gasteiger partial charge in [0.15, 0.2) is 0 Å². The number of hydrogen-bond donors (Lipinski definition) is 3. The average Bonchev–Trinajstić information content (AvgIpc) is 3.52. The Morgan fingerprint density at radius 2 is 1.69 bits per heavy atom. The first-order chi connectivity index (χ1) is 16.9. The lowest BCUT2D eigenvalue weighted by molar-refractivity contribution is -0.138. The second kappa shape index (κ2) is 8.86. The van der Waals surface area contributed by atoms with E-state index >= 15 is 0 Å². The van der Waals surface area contributed by atoms with Gasteiger partial charge < -0.3 is 15.2 Å². The molecule has 2 aromatic carbocycles. The van der Waals surface area contributed by atoms with Crippen molar-refractivity contribution in [2.75, 3.05) is 11.9 Å². The van der Waals surface area contributed by atoms with Gasteiger partial charge in [-0.2, -0.15) is 0 Å². The lowest BCUT2D eigenvalue weighted by atomic mass is 9.91. The summed E-state index contributed by atoms with van der Waals surface area (Å²) in [6.07, 6.45) is 0.606. The van der Waals surface area contributed by atoms with Crippen LogP contribution in [0.4, 0.5) is 10.6 Å². The maximum absolute atomic E-state index is 12.8. The zero-order valence-electron chi connectivity index (χ0n) is 19.0. The maximum Gasteiger partial charge on any atom is 0.412 e. The molecule has 2 aliphatic rings. The second-order valence-electron chi connectivity index (χ2n) is 9.13. The highest BCUT2D eigenvalue weighted by Gasteiger charge is 2.45. The molecule has 35 heavy (non-hydrogen) atoms. The highest BCUT2D eigenvalue weighted by molar-refractivity contribution is 6.00. The Labute approximate surface area is 200 Å². The van der Waals surface area contributed by atoms with Gasteiger partial charge in [0.25, 0.3) is 5.91 Å². The van der Waals surface area contributed by atoms with E-state index in [0.29, 0.717) is 0 Å². The number of benzene rings is 2. The van der Waals surface area contributed by atoms with E-state index in [4.69, 9.17) is 4.74 Å². The molecule has 1 fully saturated rings. The summed E-state index contributed by atoms with van der Waals surface area (Å²) in [5, 5.41) is 21.6. The summed E-state index contributed by atoms with van der Waals surface area (Å²) in [5.41, 5.74) is 3.16. The monoisotopic (exact) mass is 476 g/mol. The fourth-order valence-electron chi connectivity index (χ4n) is 4.79. The molecular formula is C25H24N4O6. The minimum absolute atomic E-state index is 0.0564. The van der Waals surface area contributed by atoms with Crippen LogP contribution in [-0.2, 0) is 9.53 Å². The number of nitrogens with zero attached hydrogens (tertiary/aromatic N) is 2. The highest BCUT2D eigenvalue weighted by atomic mass is 16.6. The topological polar surface area (TPSA) is 144 Å². The van der Waals surface area contributed by atoms with Gasteiger partial charge in [0, 0.05) is 5.92 Å². The molecule has 1 saturated carbocycles. The third-order valence-electron chi connectivity index (χ3n) is 6.66. The first-order valence-corrected chi connectivity index (χ1v) is 11.3. The van der Waals surface area contributed by atoms with Crippen molar-refractivity contribution in [1.29, 1.82) is 0 Å². The van der Waals surface area contributed by atoms with Gasteiger partial charge in [0.2, 0.25) is 11.5 Å². The Hall–Kier alpha value is -4.21. The van der Waals surface area contributed by atoms with E-state index in [0.717, 1.165) is 35.1 Å². The van der Waals surface area contributed by atoms with E-state index in [9.17, 15) is 19.5 Å². The Morgan fingerprint density at radius 3 is 2.29 bits per heavy atom. The summed E-state index contributed by atoms with van der Waals surface area (Å²) in [6.45, 7) is 1.77. The molecule has 1 aromatic heterocycles. The number of carboxylic acid groups (broad SMARTS) is 1. The molecule has 0 spiro atoms. The third kappa shape index (κ3) is 4.46. The molecule has 2 aliphatic carbocycles. The standard InChI is InChI=1S/C25H24N4O6/c1-25(12-20(30)31,14-10-11-14)27-23(32)21-22(29-35-28-21)26-24(33)34-13-19-17-8-4-2-6-15(17)16-7-3-5-9-18(16)19/h2-9,14,19H,10-13H2,1H3,(H,27,32)(H,30,31)(H,26,29,33). The number of rotatable bonds is 8. The molecule has 0 bridgehead atoms. The van der Waals surface area contributed by atoms with Crippen LogP contribution in [0.25, 0.3) is 11.1 Å². The Morgan fingerprint density at radius 1 is 1.06 bits per heavy atom. The van der Waals surface area contributed by atoms with Crippen molar-refractivity contribution in [2.24, 2.45) is 5.92 Å². The number of carboxylic acids is 1. The number of ether oxygens (including phenoxy) is 1. The van der Waals surface area contributed by atoms with Crippen LogP contribution in [0.15, 0.2) is 53.2 Å². The van der Waals surface area contributed by atoms with E-state index in [1.54, 1.807) is 6.92 Å². The quantitative estimate of drug-likeness (QED) is 0.445. The van der Waals surface area contributed by atoms with Crippen molar-refractivity contribution in [1.82, 2.24) is 15.6 Å². The molecule has 1 heterocycles. The summed E-state index contributed by atoms with van der Waals surface area (Å²) < 4.78 is 10.1. The van der Waals surface area contributed by atoms with Crippen LogP contribution >= 0.6 is 0 Å². The lowest BCUT2D eigenvalue weighted by Crippen LogP contribution is -2.49. The van der Waals surface area contributed by atoms with Gasteiger partial charge in [-0.15, -0.1) is 0 Å². The molecule has 10 heteroatoms. The molecule has 0 aliphatic heterocycles. The third-order valence-corrected chi connectivity index (χ3v) is 6.66. The minimum Gasteiger partial charge on any atom is -0.481 e. The van der Waals surface area contributed by atoms with Gasteiger partial charge in [0.05, 0.1) is 12.0 Å². The molecule has 1 atom stereocenters. The Balaban J connectivity index is 1.25. The van der Waals surface area contributed by atoms with Gasteiger partial charge in [-0.05, 0) is 58.3 Å². The van der Waals surface area contributed by atoms with E-state index in [2.05, 4.69) is 25.6 Å². The Kier molecular flexibility index (Phi) is 5.72. The van der Waals surface area contributed by atoms with Crippen LogP contribution in [0.1, 0.15) is 53.7 Å². The number of aliphatic carboxylic acids is 1. The van der Waals surface area contributed by atoms with Gasteiger partial charge in [-0.1, -0.05) is 48.5 Å². The van der Waals surface area contributed by atoms with Crippen molar-refractivity contribution in [3.05, 3.63) is 65.4 Å². The molecule has 1 unspecified atom stereocenters. The van der Waals surface area contributed by atoms with E-state index in [-0.39, 0.29) is 36.4 Å². The summed E-state index contributed by atoms with van der Waals surface area (Å²) in [7, 11) is 0. The van der Waals surface area contributed by atoms with Gasteiger partial charge in [0.1, 0.15) is 6.61 Å². The number of nitrogens with one attached hydrogen (secondary N) is 2. The van der Waals surface area contributed by atoms with Crippen LogP contribution in [-0.4, -0.2) is 45.5 Å². The molecule has 10 nitrogen and oxygen atoms in total. The zero-order chi connectivity index (χ0) is 24.6. The van der Waals surface area contributed by atoms with E-state index in [1.807, 2.05) is 48.5 Å². The van der Waals surface area contributed by atoms with Crippen molar-refractivity contribution >= 4 is 23.8 Å². The predicted molar refractivity (Wildman–Crippen MR) is 124 cm³/mol. The number of anilines is 1. The first-order valence-electron chi connectivity index (χ1n) is 11.3. The Bertz CT molecular complexity index is 1250. The fourth-order valence-corrected chi connectivity index (χ4v) is 4.79. The highest BCUT2D eigenvalue weighted by Crippen LogP contribution is 2.44. The number of fused-ring (bicyclic) bond motifs is 3. The summed E-state index contributed by atoms with van der Waals surface area (Å²) in [6, 6.07) is 16.0.